The molecule has 0 amide bonds. The van der Waals surface area contributed by atoms with Crippen LogP contribution in [0.25, 0.3) is 11.0 Å². The monoisotopic (exact) mass is 270 g/mol. The van der Waals surface area contributed by atoms with Gasteiger partial charge in [-0.25, -0.2) is 9.97 Å². The first kappa shape index (κ1) is 12.0. The van der Waals surface area contributed by atoms with Gasteiger partial charge in [0, 0.05) is 5.75 Å². The maximum atomic E-state index is 5.66. The number of benzene rings is 1. The topological polar surface area (TPSA) is 67.6 Å². The number of rotatable bonds is 3. The molecule has 19 heavy (non-hydrogen) atoms. The summed E-state index contributed by atoms with van der Waals surface area (Å²) in [6.07, 6.45) is 0. The Hall–Kier alpha value is -2.01. The van der Waals surface area contributed by atoms with Crippen LogP contribution in [0.15, 0.2) is 41.6 Å². The molecule has 0 atom stereocenters. The number of nitrogens with two attached hydrogens (primary N) is 1. The zero-order valence-electron chi connectivity index (χ0n) is 10.6. The molecule has 0 spiro atoms. The highest BCUT2D eigenvalue weighted by Crippen LogP contribution is 2.23. The Kier molecular flexibility index (Phi) is 3.13. The quantitative estimate of drug-likeness (QED) is 0.717. The van der Waals surface area contributed by atoms with E-state index >= 15 is 0 Å². The maximum Gasteiger partial charge on any atom is 0.166 e. The van der Waals surface area contributed by atoms with Gasteiger partial charge in [-0.3, -0.25) is 0 Å². The number of anilines is 1. The van der Waals surface area contributed by atoms with Gasteiger partial charge in [0.15, 0.2) is 5.16 Å². The number of H-pyrrole nitrogens is 1. The molecule has 3 aromatic rings. The lowest BCUT2D eigenvalue weighted by Crippen LogP contribution is -1.93. The summed E-state index contributed by atoms with van der Waals surface area (Å²) in [5.74, 6) is 1.31. The molecule has 0 aliphatic carbocycles. The van der Waals surface area contributed by atoms with E-state index in [4.69, 9.17) is 5.73 Å². The van der Waals surface area contributed by atoms with Crippen LogP contribution < -0.4 is 5.73 Å². The van der Waals surface area contributed by atoms with Gasteiger partial charge < -0.3 is 10.7 Å². The lowest BCUT2D eigenvalue weighted by atomic mass is 10.2. The molecule has 0 radical (unpaired) electrons. The first-order valence-electron chi connectivity index (χ1n) is 6.01. The van der Waals surface area contributed by atoms with E-state index in [1.54, 1.807) is 17.8 Å². The van der Waals surface area contributed by atoms with E-state index in [0.29, 0.717) is 5.82 Å². The van der Waals surface area contributed by atoms with Crippen molar-refractivity contribution in [1.29, 1.82) is 0 Å². The summed E-state index contributed by atoms with van der Waals surface area (Å²) in [5, 5.41) is 0.907. The van der Waals surface area contributed by atoms with Crippen molar-refractivity contribution in [3.05, 3.63) is 47.7 Å². The van der Waals surface area contributed by atoms with E-state index in [-0.39, 0.29) is 0 Å². The fourth-order valence-corrected chi connectivity index (χ4v) is 2.68. The van der Waals surface area contributed by atoms with Crippen LogP contribution in [-0.4, -0.2) is 15.0 Å². The minimum atomic E-state index is 0.554. The van der Waals surface area contributed by atoms with Crippen LogP contribution >= 0.6 is 11.8 Å². The highest BCUT2D eigenvalue weighted by molar-refractivity contribution is 7.98. The summed E-state index contributed by atoms with van der Waals surface area (Å²) in [6.45, 7) is 2.07. The van der Waals surface area contributed by atoms with Gasteiger partial charge >= 0.3 is 0 Å². The van der Waals surface area contributed by atoms with Gasteiger partial charge in [-0.15, -0.1) is 0 Å². The molecule has 1 aromatic carbocycles. The van der Waals surface area contributed by atoms with Crippen molar-refractivity contribution in [2.24, 2.45) is 0 Å². The summed E-state index contributed by atoms with van der Waals surface area (Å²) < 4.78 is 0. The molecule has 0 aliphatic heterocycles. The van der Waals surface area contributed by atoms with Crippen LogP contribution in [0, 0.1) is 6.92 Å². The van der Waals surface area contributed by atoms with Gasteiger partial charge in [-0.05, 0) is 36.8 Å². The second-order valence-electron chi connectivity index (χ2n) is 4.41. The Labute approximate surface area is 115 Å². The smallest absolute Gasteiger partial charge is 0.166 e. The minimum Gasteiger partial charge on any atom is -0.384 e. The average Bonchev–Trinajstić information content (AvgIpc) is 2.78. The summed E-state index contributed by atoms with van der Waals surface area (Å²) in [6, 6.07) is 11.9. The third-order valence-electron chi connectivity index (χ3n) is 2.80. The van der Waals surface area contributed by atoms with E-state index in [0.717, 1.165) is 27.6 Å². The maximum absolute atomic E-state index is 5.66. The van der Waals surface area contributed by atoms with E-state index in [9.17, 15) is 0 Å². The van der Waals surface area contributed by atoms with E-state index in [1.807, 2.05) is 18.2 Å². The molecule has 3 rings (SSSR count). The van der Waals surface area contributed by atoms with Crippen LogP contribution in [-0.2, 0) is 5.75 Å². The second kappa shape index (κ2) is 4.93. The Morgan fingerprint density at radius 3 is 2.95 bits per heavy atom. The standard InChI is InChI=1S/C14H14N4S/c1-9-5-6-11-12(7-9)18-14(17-11)19-8-10-3-2-4-13(15)16-10/h2-7H,8H2,1H3,(H2,15,16)(H,17,18). The molecule has 0 aliphatic rings. The highest BCUT2D eigenvalue weighted by atomic mass is 32.2. The average molecular weight is 270 g/mol. The van der Waals surface area contributed by atoms with Crippen LogP contribution in [0.4, 0.5) is 5.82 Å². The molecular weight excluding hydrogens is 256 g/mol. The van der Waals surface area contributed by atoms with Crippen LogP contribution in [0.1, 0.15) is 11.3 Å². The Balaban J connectivity index is 1.78. The zero-order chi connectivity index (χ0) is 13.2. The zero-order valence-corrected chi connectivity index (χ0v) is 11.4. The lowest BCUT2D eigenvalue weighted by Gasteiger charge is -1.99. The molecule has 2 heterocycles. The predicted molar refractivity (Wildman–Crippen MR) is 79.0 cm³/mol. The number of thioether (sulfide) groups is 1. The van der Waals surface area contributed by atoms with Crippen molar-refractivity contribution in [2.75, 3.05) is 5.73 Å². The number of nitrogens with one attached hydrogen (secondary N) is 1. The van der Waals surface area contributed by atoms with Crippen molar-refractivity contribution >= 4 is 28.6 Å². The summed E-state index contributed by atoms with van der Waals surface area (Å²) in [4.78, 5) is 12.1. The predicted octanol–water partition coefficient (Wildman–Crippen LogP) is 3.14. The number of hydrogen-bond donors (Lipinski definition) is 2. The number of aromatic amines is 1. The molecule has 3 N–H and O–H groups in total. The van der Waals surface area contributed by atoms with Crippen molar-refractivity contribution < 1.29 is 0 Å². The number of fused-ring (bicyclic) bond motifs is 1. The Morgan fingerprint density at radius 2 is 2.11 bits per heavy atom. The molecule has 0 saturated carbocycles. The van der Waals surface area contributed by atoms with Crippen molar-refractivity contribution in [3.63, 3.8) is 0 Å². The SMILES string of the molecule is Cc1ccc2nc(SCc3cccc(N)n3)[nH]c2c1. The normalized spacial score (nSPS) is 11.0. The number of imidazole rings is 1. The number of aryl methyl sites for hydroxylation is 1. The van der Waals surface area contributed by atoms with Crippen molar-refractivity contribution in [1.82, 2.24) is 15.0 Å². The van der Waals surface area contributed by atoms with Crippen LogP contribution in [0.3, 0.4) is 0 Å². The van der Waals surface area contributed by atoms with Crippen molar-refractivity contribution in [2.45, 2.75) is 17.8 Å². The van der Waals surface area contributed by atoms with Crippen molar-refractivity contribution in [3.8, 4) is 0 Å². The third-order valence-corrected chi connectivity index (χ3v) is 3.71. The Morgan fingerprint density at radius 1 is 1.21 bits per heavy atom. The van der Waals surface area contributed by atoms with Gasteiger partial charge in [-0.1, -0.05) is 23.9 Å². The van der Waals surface area contributed by atoms with E-state index in [1.165, 1.54) is 5.56 Å². The summed E-state index contributed by atoms with van der Waals surface area (Å²) in [5.41, 5.74) is 9.91. The van der Waals surface area contributed by atoms with Gasteiger partial charge in [0.2, 0.25) is 0 Å². The largest absolute Gasteiger partial charge is 0.384 e. The summed E-state index contributed by atoms with van der Waals surface area (Å²) in [7, 11) is 0. The molecule has 0 unspecified atom stereocenters. The first-order valence-corrected chi connectivity index (χ1v) is 7.00. The van der Waals surface area contributed by atoms with E-state index in [2.05, 4.69) is 34.0 Å². The van der Waals surface area contributed by atoms with E-state index < -0.39 is 0 Å². The third kappa shape index (κ3) is 2.71. The number of pyridine rings is 1. The molecule has 0 bridgehead atoms. The molecule has 2 aromatic heterocycles. The molecular formula is C14H14N4S. The highest BCUT2D eigenvalue weighted by Gasteiger charge is 2.04. The lowest BCUT2D eigenvalue weighted by molar-refractivity contribution is 1.07. The fraction of sp³-hybridized carbons (Fsp3) is 0.143. The van der Waals surface area contributed by atoms with Gasteiger partial charge in [0.25, 0.3) is 0 Å². The molecule has 0 fully saturated rings. The first-order chi connectivity index (χ1) is 9.20. The Bertz CT molecular complexity index is 720. The number of aromatic nitrogens is 3. The second-order valence-corrected chi connectivity index (χ2v) is 5.37. The summed E-state index contributed by atoms with van der Waals surface area (Å²) >= 11 is 1.63. The molecule has 0 saturated heterocycles. The minimum absolute atomic E-state index is 0.554. The number of nitrogens with zero attached hydrogens (tertiary/aromatic N) is 2. The van der Waals surface area contributed by atoms with Crippen LogP contribution in [0.5, 0.6) is 0 Å². The molecule has 5 heteroatoms. The number of hydrogen-bond acceptors (Lipinski definition) is 4. The fourth-order valence-electron chi connectivity index (χ4n) is 1.89. The molecule has 4 nitrogen and oxygen atoms in total. The molecule has 96 valence electrons. The van der Waals surface area contributed by atoms with Gasteiger partial charge in [-0.2, -0.15) is 0 Å². The van der Waals surface area contributed by atoms with Crippen LogP contribution in [0.2, 0.25) is 0 Å². The number of nitrogen functional groups attached to an aromatic ring is 1. The van der Waals surface area contributed by atoms with Gasteiger partial charge in [0.05, 0.1) is 16.7 Å². The van der Waals surface area contributed by atoms with Gasteiger partial charge in [0.1, 0.15) is 5.82 Å².